The van der Waals surface area contributed by atoms with Gasteiger partial charge in [-0.05, 0) is 17.7 Å². The summed E-state index contributed by atoms with van der Waals surface area (Å²) in [4.78, 5) is 12.0. The summed E-state index contributed by atoms with van der Waals surface area (Å²) in [6.07, 6.45) is 2.54. The maximum Gasteiger partial charge on any atom is 0.243 e. The highest BCUT2D eigenvalue weighted by Gasteiger charge is 2.21. The largest absolute Gasteiger partial charge is 0.311 e. The lowest BCUT2D eigenvalue weighted by molar-refractivity contribution is -0.131. The summed E-state index contributed by atoms with van der Waals surface area (Å²) in [5.41, 5.74) is 2.14. The third kappa shape index (κ3) is 3.86. The van der Waals surface area contributed by atoms with Crippen LogP contribution in [0, 0.1) is 0 Å². The number of nitrogens with one attached hydrogen (secondary N) is 1. The first-order chi connectivity index (χ1) is 10.3. The molecule has 2 aliphatic rings. The van der Waals surface area contributed by atoms with Gasteiger partial charge in [-0.3, -0.25) is 4.79 Å². The molecule has 5 heteroatoms. The molecule has 1 atom stereocenters. The van der Waals surface area contributed by atoms with Crippen LogP contribution in [0.15, 0.2) is 35.4 Å². The Kier molecular flexibility index (Phi) is 4.93. The van der Waals surface area contributed by atoms with Gasteiger partial charge in [0.25, 0.3) is 0 Å². The van der Waals surface area contributed by atoms with Gasteiger partial charge in [-0.15, -0.1) is 0 Å². The van der Waals surface area contributed by atoms with Crippen molar-refractivity contribution in [1.82, 2.24) is 10.3 Å². The van der Waals surface area contributed by atoms with E-state index in [4.69, 9.17) is 0 Å². The average molecular weight is 303 g/mol. The molecule has 1 saturated heterocycles. The fourth-order valence-corrected chi connectivity index (χ4v) is 3.87. The molecule has 1 aromatic rings. The summed E-state index contributed by atoms with van der Waals surface area (Å²) in [6, 6.07) is 10.7. The van der Waals surface area contributed by atoms with Crippen molar-refractivity contribution in [3.05, 3.63) is 35.9 Å². The van der Waals surface area contributed by atoms with Crippen LogP contribution in [0.5, 0.6) is 0 Å². The van der Waals surface area contributed by atoms with E-state index >= 15 is 0 Å². The number of rotatable bonds is 5. The fourth-order valence-electron chi connectivity index (χ4n) is 2.68. The second-order valence-electron chi connectivity index (χ2n) is 5.44. The minimum atomic E-state index is 0.136. The first-order valence-electron chi connectivity index (χ1n) is 7.57. The van der Waals surface area contributed by atoms with Gasteiger partial charge in [0.1, 0.15) is 0 Å². The maximum atomic E-state index is 12.0. The number of thioether (sulfide) groups is 1. The van der Waals surface area contributed by atoms with Crippen LogP contribution < -0.4 is 5.32 Å². The molecule has 1 N–H and O–H groups in total. The monoisotopic (exact) mass is 303 g/mol. The van der Waals surface area contributed by atoms with E-state index in [0.717, 1.165) is 24.2 Å². The predicted octanol–water partition coefficient (Wildman–Crippen LogP) is 2.11. The number of amides is 1. The number of nitrogens with zero attached hydrogens (tertiary/aromatic N) is 2. The van der Waals surface area contributed by atoms with Gasteiger partial charge in [0.05, 0.1) is 12.3 Å². The number of carbonyl (C=O) groups excluding carboxylic acids is 1. The molecule has 1 fully saturated rings. The van der Waals surface area contributed by atoms with Crippen molar-refractivity contribution in [3.8, 4) is 0 Å². The van der Waals surface area contributed by atoms with Crippen molar-refractivity contribution >= 4 is 23.4 Å². The molecule has 2 heterocycles. The number of hydrogen-bond acceptors (Lipinski definition) is 4. The van der Waals surface area contributed by atoms with Crippen LogP contribution in [0.1, 0.15) is 24.8 Å². The summed E-state index contributed by atoms with van der Waals surface area (Å²) in [5, 5.41) is 9.71. The fraction of sp³-hybridized carbons (Fsp3) is 0.500. The molecule has 1 aromatic carbocycles. The van der Waals surface area contributed by atoms with Crippen molar-refractivity contribution < 1.29 is 4.79 Å². The Morgan fingerprint density at radius 1 is 1.29 bits per heavy atom. The highest BCUT2D eigenvalue weighted by Crippen LogP contribution is 2.17. The van der Waals surface area contributed by atoms with Crippen molar-refractivity contribution in [3.63, 3.8) is 0 Å². The van der Waals surface area contributed by atoms with E-state index in [0.29, 0.717) is 19.0 Å². The van der Waals surface area contributed by atoms with Crippen molar-refractivity contribution in [2.24, 2.45) is 5.10 Å². The third-order valence-electron chi connectivity index (χ3n) is 3.90. The summed E-state index contributed by atoms with van der Waals surface area (Å²) < 4.78 is 0. The standard InChI is InChI=1S/C16H21N3OS/c20-16-7-6-15(13-4-2-1-3-5-13)18-19(16)10-9-17-14-8-11-21-12-14/h1-5,14,17H,6-12H2/t14-/m0/s1. The molecule has 21 heavy (non-hydrogen) atoms. The Labute approximate surface area is 130 Å². The SMILES string of the molecule is O=C1CCC(c2ccccc2)=NN1CCN[C@H]1CCSC1. The highest BCUT2D eigenvalue weighted by molar-refractivity contribution is 7.99. The summed E-state index contributed by atoms with van der Waals surface area (Å²) in [7, 11) is 0. The number of benzene rings is 1. The van der Waals surface area contributed by atoms with Gasteiger partial charge in [-0.1, -0.05) is 30.3 Å². The Hall–Kier alpha value is -1.33. The molecule has 0 aliphatic carbocycles. The quantitative estimate of drug-likeness (QED) is 0.906. The van der Waals surface area contributed by atoms with Gasteiger partial charge in [0, 0.05) is 31.2 Å². The number of hydrogen-bond donors (Lipinski definition) is 1. The molecule has 2 aliphatic heterocycles. The minimum absolute atomic E-state index is 0.136. The van der Waals surface area contributed by atoms with Crippen LogP contribution in [0.25, 0.3) is 0 Å². The van der Waals surface area contributed by atoms with Gasteiger partial charge in [0.2, 0.25) is 5.91 Å². The maximum absolute atomic E-state index is 12.0. The molecule has 0 radical (unpaired) electrons. The summed E-state index contributed by atoms with van der Waals surface area (Å²) in [5.74, 6) is 2.57. The second-order valence-corrected chi connectivity index (χ2v) is 6.59. The molecular weight excluding hydrogens is 282 g/mol. The molecule has 4 nitrogen and oxygen atoms in total. The second kappa shape index (κ2) is 7.09. The van der Waals surface area contributed by atoms with Crippen LogP contribution in [0.2, 0.25) is 0 Å². The van der Waals surface area contributed by atoms with E-state index in [1.807, 2.05) is 30.0 Å². The summed E-state index contributed by atoms with van der Waals surface area (Å²) in [6.45, 7) is 1.48. The van der Waals surface area contributed by atoms with Crippen LogP contribution in [0.3, 0.4) is 0 Å². The molecule has 1 amide bonds. The van der Waals surface area contributed by atoms with Crippen LogP contribution in [-0.4, -0.2) is 47.3 Å². The van der Waals surface area contributed by atoms with Crippen molar-refractivity contribution in [1.29, 1.82) is 0 Å². The van der Waals surface area contributed by atoms with E-state index in [1.54, 1.807) is 5.01 Å². The van der Waals surface area contributed by atoms with E-state index < -0.39 is 0 Å². The lowest BCUT2D eigenvalue weighted by atomic mass is 10.0. The Balaban J connectivity index is 1.58. The van der Waals surface area contributed by atoms with Crippen LogP contribution in [0.4, 0.5) is 0 Å². The van der Waals surface area contributed by atoms with Crippen LogP contribution in [-0.2, 0) is 4.79 Å². The first kappa shape index (κ1) is 14.6. The zero-order valence-electron chi connectivity index (χ0n) is 12.1. The number of carbonyl (C=O) groups is 1. The molecular formula is C16H21N3OS. The number of hydrazone groups is 1. The Bertz CT molecular complexity index is 512. The highest BCUT2D eigenvalue weighted by atomic mass is 32.2. The van der Waals surface area contributed by atoms with E-state index in [9.17, 15) is 4.79 Å². The van der Waals surface area contributed by atoms with E-state index in [1.165, 1.54) is 17.9 Å². The zero-order chi connectivity index (χ0) is 14.5. The zero-order valence-corrected chi connectivity index (χ0v) is 12.9. The normalized spacial score (nSPS) is 22.5. The van der Waals surface area contributed by atoms with Gasteiger partial charge in [0.15, 0.2) is 0 Å². The molecule has 3 rings (SSSR count). The lowest BCUT2D eigenvalue weighted by Gasteiger charge is -2.24. The molecule has 0 unspecified atom stereocenters. The molecule has 0 aromatic heterocycles. The van der Waals surface area contributed by atoms with Gasteiger partial charge in [-0.2, -0.15) is 16.9 Å². The molecule has 112 valence electrons. The van der Waals surface area contributed by atoms with Gasteiger partial charge < -0.3 is 5.32 Å². The van der Waals surface area contributed by atoms with Gasteiger partial charge >= 0.3 is 0 Å². The topological polar surface area (TPSA) is 44.7 Å². The van der Waals surface area contributed by atoms with Crippen molar-refractivity contribution in [2.45, 2.75) is 25.3 Å². The minimum Gasteiger partial charge on any atom is -0.311 e. The smallest absolute Gasteiger partial charge is 0.243 e. The van der Waals surface area contributed by atoms with Crippen molar-refractivity contribution in [2.75, 3.05) is 24.6 Å². The van der Waals surface area contributed by atoms with E-state index in [2.05, 4.69) is 22.6 Å². The Morgan fingerprint density at radius 2 is 2.14 bits per heavy atom. The molecule has 0 spiro atoms. The van der Waals surface area contributed by atoms with Gasteiger partial charge in [-0.25, -0.2) is 5.01 Å². The molecule has 0 bridgehead atoms. The first-order valence-corrected chi connectivity index (χ1v) is 8.73. The molecule has 0 saturated carbocycles. The van der Waals surface area contributed by atoms with Crippen LogP contribution >= 0.6 is 11.8 Å². The predicted molar refractivity (Wildman–Crippen MR) is 87.7 cm³/mol. The third-order valence-corrected chi connectivity index (χ3v) is 5.06. The Morgan fingerprint density at radius 3 is 2.90 bits per heavy atom. The summed E-state index contributed by atoms with van der Waals surface area (Å²) >= 11 is 2.00. The lowest BCUT2D eigenvalue weighted by Crippen LogP contribution is -2.39. The average Bonchev–Trinajstić information content (AvgIpc) is 3.03. The van der Waals surface area contributed by atoms with E-state index in [-0.39, 0.29) is 5.91 Å².